The number of amides is 1. The number of aryl methyl sites for hydroxylation is 2. The van der Waals surface area contributed by atoms with Crippen LogP contribution in [0.15, 0.2) is 64.8 Å². The van der Waals surface area contributed by atoms with Crippen LogP contribution >= 0.6 is 11.6 Å². The summed E-state index contributed by atoms with van der Waals surface area (Å²) in [5, 5.41) is 12.6. The minimum Gasteiger partial charge on any atom is -0.479 e. The van der Waals surface area contributed by atoms with E-state index in [9.17, 15) is 14.9 Å². The molecule has 3 rings (SSSR count). The van der Waals surface area contributed by atoms with Crippen molar-refractivity contribution in [1.29, 1.82) is 5.26 Å². The van der Waals surface area contributed by atoms with Crippen LogP contribution in [0.1, 0.15) is 29.4 Å². The first-order chi connectivity index (χ1) is 16.3. The number of ether oxygens (including phenoxy) is 2. The molecule has 34 heavy (non-hydrogen) atoms. The van der Waals surface area contributed by atoms with E-state index in [1.54, 1.807) is 55.5 Å². The monoisotopic (exact) mass is 478 g/mol. The van der Waals surface area contributed by atoms with Gasteiger partial charge in [0.15, 0.2) is 6.10 Å². The Morgan fingerprint density at radius 3 is 2.41 bits per heavy atom. The Kier molecular flexibility index (Phi) is 8.12. The topological polar surface area (TPSA) is 102 Å². The van der Waals surface area contributed by atoms with Crippen molar-refractivity contribution in [3.05, 3.63) is 87.8 Å². The molecule has 1 amide bonds. The highest BCUT2D eigenvalue weighted by atomic mass is 35.5. The first kappa shape index (κ1) is 24.6. The third kappa shape index (κ3) is 6.50. The number of hydrogen-bond acceptors (Lipinski definition) is 6. The van der Waals surface area contributed by atoms with Crippen LogP contribution in [0.5, 0.6) is 11.5 Å². The maximum Gasteiger partial charge on any atom is 0.352 e. The fraction of sp³-hybridized carbons (Fsp3) is 0.192. The Morgan fingerprint density at radius 1 is 1.15 bits per heavy atom. The lowest BCUT2D eigenvalue weighted by atomic mass is 10.1. The van der Waals surface area contributed by atoms with Gasteiger partial charge >= 0.3 is 5.97 Å². The van der Waals surface area contributed by atoms with Gasteiger partial charge < -0.3 is 19.2 Å². The first-order valence-electron chi connectivity index (χ1n) is 10.4. The van der Waals surface area contributed by atoms with Crippen molar-refractivity contribution in [2.24, 2.45) is 0 Å². The van der Waals surface area contributed by atoms with Crippen LogP contribution < -0.4 is 14.8 Å². The van der Waals surface area contributed by atoms with E-state index in [4.69, 9.17) is 25.5 Å². The van der Waals surface area contributed by atoms with Gasteiger partial charge in [-0.3, -0.25) is 4.79 Å². The number of nitrogens with one attached hydrogen (secondary N) is 1. The van der Waals surface area contributed by atoms with E-state index in [2.05, 4.69) is 5.32 Å². The minimum atomic E-state index is -0.845. The van der Waals surface area contributed by atoms with Crippen LogP contribution in [-0.2, 0) is 16.1 Å². The van der Waals surface area contributed by atoms with Crippen LogP contribution in [0, 0.1) is 25.2 Å². The number of carbonyl (C=O) groups excluding carboxylic acids is 2. The van der Waals surface area contributed by atoms with Crippen molar-refractivity contribution in [3.8, 4) is 17.6 Å². The van der Waals surface area contributed by atoms with Crippen LogP contribution in [0.4, 0.5) is 0 Å². The summed E-state index contributed by atoms with van der Waals surface area (Å²) >= 11 is 6.17. The zero-order valence-corrected chi connectivity index (χ0v) is 19.7. The SMILES string of the molecule is Cc1cc(OC(C)C(=O)Oc2ccc(/C=C(\C#N)C(=O)NCc3ccco3)cc2)cc(C)c1Cl. The first-order valence-corrected chi connectivity index (χ1v) is 10.8. The minimum absolute atomic E-state index is 0.0631. The van der Waals surface area contributed by atoms with Crippen molar-refractivity contribution in [1.82, 2.24) is 5.32 Å². The molecule has 0 saturated carbocycles. The molecule has 0 spiro atoms. The molecule has 1 N–H and O–H groups in total. The molecule has 0 aliphatic rings. The number of nitrogens with zero attached hydrogens (tertiary/aromatic N) is 1. The van der Waals surface area contributed by atoms with Crippen molar-refractivity contribution < 1.29 is 23.5 Å². The lowest BCUT2D eigenvalue weighted by Gasteiger charge is -2.15. The molecule has 174 valence electrons. The summed E-state index contributed by atoms with van der Waals surface area (Å²) in [6, 6.07) is 15.3. The number of esters is 1. The van der Waals surface area contributed by atoms with E-state index < -0.39 is 18.0 Å². The molecule has 1 heterocycles. The number of furan rings is 1. The van der Waals surface area contributed by atoms with Crippen LogP contribution in [0.2, 0.25) is 5.02 Å². The molecule has 0 aliphatic carbocycles. The molecule has 1 atom stereocenters. The molecule has 8 heteroatoms. The summed E-state index contributed by atoms with van der Waals surface area (Å²) < 4.78 is 16.2. The summed E-state index contributed by atoms with van der Waals surface area (Å²) in [6.45, 7) is 5.50. The second kappa shape index (κ2) is 11.2. The predicted molar refractivity (Wildman–Crippen MR) is 127 cm³/mol. The van der Waals surface area contributed by atoms with Gasteiger partial charge in [0.2, 0.25) is 0 Å². The Hall–Kier alpha value is -4.02. The van der Waals surface area contributed by atoms with E-state index in [1.165, 1.54) is 12.3 Å². The van der Waals surface area contributed by atoms with Crippen molar-refractivity contribution >= 4 is 29.6 Å². The Labute approximate surface area is 202 Å². The lowest BCUT2D eigenvalue weighted by Crippen LogP contribution is -2.28. The Balaban J connectivity index is 1.59. The smallest absolute Gasteiger partial charge is 0.352 e. The molecule has 0 fully saturated rings. The van der Waals surface area contributed by atoms with Gasteiger partial charge in [-0.2, -0.15) is 5.26 Å². The average molecular weight is 479 g/mol. The second-order valence-corrected chi connectivity index (χ2v) is 7.93. The molecule has 7 nitrogen and oxygen atoms in total. The number of rotatable bonds is 8. The summed E-state index contributed by atoms with van der Waals surface area (Å²) in [6.07, 6.45) is 2.10. The van der Waals surface area contributed by atoms with E-state index in [0.717, 1.165) is 11.1 Å². The van der Waals surface area contributed by atoms with Gasteiger partial charge in [-0.05, 0) is 79.9 Å². The molecule has 3 aromatic rings. The standard InChI is InChI=1S/C26H23ClN2O5/c1-16-11-23(12-17(2)24(16)27)33-18(3)26(31)34-21-8-6-19(7-9-21)13-20(14-28)25(30)29-15-22-5-4-10-32-22/h4-13,18H,15H2,1-3H3,(H,29,30)/b20-13+. The third-order valence-electron chi connectivity index (χ3n) is 4.83. The summed E-state index contributed by atoms with van der Waals surface area (Å²) in [5.74, 6) is 0.327. The zero-order chi connectivity index (χ0) is 24.7. The van der Waals surface area contributed by atoms with Crippen LogP contribution in [0.3, 0.4) is 0 Å². The van der Waals surface area contributed by atoms with E-state index in [-0.39, 0.29) is 12.1 Å². The maximum absolute atomic E-state index is 12.4. The zero-order valence-electron chi connectivity index (χ0n) is 18.9. The van der Waals surface area contributed by atoms with Gasteiger partial charge in [-0.1, -0.05) is 23.7 Å². The van der Waals surface area contributed by atoms with Gasteiger partial charge in [-0.25, -0.2) is 4.79 Å². The number of carbonyl (C=O) groups is 2. The number of benzene rings is 2. The highest BCUT2D eigenvalue weighted by molar-refractivity contribution is 6.32. The Bertz CT molecular complexity index is 1220. The third-order valence-corrected chi connectivity index (χ3v) is 5.43. The largest absolute Gasteiger partial charge is 0.479 e. The average Bonchev–Trinajstić information content (AvgIpc) is 3.34. The molecular formula is C26H23ClN2O5. The van der Waals surface area contributed by atoms with Gasteiger partial charge in [0.1, 0.15) is 28.9 Å². The van der Waals surface area contributed by atoms with Gasteiger partial charge in [-0.15, -0.1) is 0 Å². The fourth-order valence-electron chi connectivity index (χ4n) is 3.05. The molecule has 0 saturated heterocycles. The van der Waals surface area contributed by atoms with Crippen LogP contribution in [0.25, 0.3) is 6.08 Å². The van der Waals surface area contributed by atoms with E-state index >= 15 is 0 Å². The molecule has 2 aromatic carbocycles. The van der Waals surface area contributed by atoms with Crippen molar-refractivity contribution in [2.45, 2.75) is 33.4 Å². The normalized spacial score (nSPS) is 11.9. The summed E-state index contributed by atoms with van der Waals surface area (Å²) in [5.41, 5.74) is 2.24. The Morgan fingerprint density at radius 2 is 1.82 bits per heavy atom. The van der Waals surface area contributed by atoms with Gasteiger partial charge in [0.25, 0.3) is 5.91 Å². The highest BCUT2D eigenvalue weighted by Gasteiger charge is 2.18. The maximum atomic E-state index is 12.4. The number of halogens is 1. The fourth-order valence-corrected chi connectivity index (χ4v) is 3.16. The van der Waals surface area contributed by atoms with Gasteiger partial charge in [0, 0.05) is 5.02 Å². The van der Waals surface area contributed by atoms with Crippen LogP contribution in [-0.4, -0.2) is 18.0 Å². The van der Waals surface area contributed by atoms with E-state index in [0.29, 0.717) is 27.8 Å². The highest BCUT2D eigenvalue weighted by Crippen LogP contribution is 2.26. The van der Waals surface area contributed by atoms with E-state index in [1.807, 2.05) is 19.9 Å². The van der Waals surface area contributed by atoms with Crippen molar-refractivity contribution in [2.75, 3.05) is 0 Å². The molecule has 0 bridgehead atoms. The summed E-state index contributed by atoms with van der Waals surface area (Å²) in [7, 11) is 0. The molecule has 0 radical (unpaired) electrons. The molecule has 1 unspecified atom stereocenters. The van der Waals surface area contributed by atoms with Crippen molar-refractivity contribution in [3.63, 3.8) is 0 Å². The predicted octanol–water partition coefficient (Wildman–Crippen LogP) is 5.15. The number of hydrogen-bond donors (Lipinski definition) is 1. The molecular weight excluding hydrogens is 456 g/mol. The quantitative estimate of drug-likeness (QED) is 0.208. The molecule has 1 aromatic heterocycles. The second-order valence-electron chi connectivity index (χ2n) is 7.55. The summed E-state index contributed by atoms with van der Waals surface area (Å²) in [4.78, 5) is 24.7. The van der Waals surface area contributed by atoms with Gasteiger partial charge in [0.05, 0.1) is 12.8 Å². The molecule has 0 aliphatic heterocycles. The lowest BCUT2D eigenvalue weighted by molar-refractivity contribution is -0.141. The number of nitriles is 1.